The largest absolute Gasteiger partial charge is 0.467 e. The maximum Gasteiger partial charge on any atom is 0.318 e. The summed E-state index contributed by atoms with van der Waals surface area (Å²) in [5.74, 6) is 0.320. The highest BCUT2D eigenvalue weighted by molar-refractivity contribution is 6.31. The number of aromatic nitrogens is 3. The van der Waals surface area contributed by atoms with E-state index in [0.29, 0.717) is 46.5 Å². The first kappa shape index (κ1) is 22.4. The first-order valence-corrected chi connectivity index (χ1v) is 10.4. The Labute approximate surface area is 193 Å². The van der Waals surface area contributed by atoms with Crippen LogP contribution in [0.2, 0.25) is 5.02 Å². The fraction of sp³-hybridized carbons (Fsp3) is 0.227. The number of benzene rings is 1. The van der Waals surface area contributed by atoms with Crippen LogP contribution in [0.3, 0.4) is 0 Å². The van der Waals surface area contributed by atoms with Gasteiger partial charge in [-0.05, 0) is 24.6 Å². The van der Waals surface area contributed by atoms with Crippen LogP contribution in [-0.4, -0.2) is 46.5 Å². The Morgan fingerprint density at radius 1 is 1.24 bits per heavy atom. The Kier molecular flexibility index (Phi) is 6.64. The molecule has 11 heteroatoms. The number of hydrogen-bond acceptors (Lipinski definition) is 7. The van der Waals surface area contributed by atoms with Gasteiger partial charge in [0.15, 0.2) is 0 Å². The van der Waals surface area contributed by atoms with Crippen molar-refractivity contribution < 1.29 is 13.9 Å². The summed E-state index contributed by atoms with van der Waals surface area (Å²) >= 11 is 6.09. The lowest BCUT2D eigenvalue weighted by atomic mass is 10.1. The Morgan fingerprint density at radius 2 is 2.09 bits per heavy atom. The monoisotopic (exact) mass is 470 g/mol. The van der Waals surface area contributed by atoms with Crippen LogP contribution >= 0.6 is 11.6 Å². The SMILES string of the molecule is COc1nc(NCCc2c(F)cccc2Cl)cc(-c2ccc(=O)n(CC3=NCC(=O)N3)c2)n1. The maximum atomic E-state index is 14.0. The molecular weight excluding hydrogens is 451 g/mol. The van der Waals surface area contributed by atoms with Gasteiger partial charge in [-0.25, -0.2) is 4.39 Å². The Morgan fingerprint density at radius 3 is 2.82 bits per heavy atom. The summed E-state index contributed by atoms with van der Waals surface area (Å²) in [6, 6.07) is 9.44. The second-order valence-corrected chi connectivity index (χ2v) is 7.60. The average Bonchev–Trinajstić information content (AvgIpc) is 3.21. The number of halogens is 2. The van der Waals surface area contributed by atoms with Gasteiger partial charge in [-0.15, -0.1) is 0 Å². The van der Waals surface area contributed by atoms with Gasteiger partial charge in [-0.1, -0.05) is 17.7 Å². The number of amides is 1. The van der Waals surface area contributed by atoms with Crippen molar-refractivity contribution in [2.45, 2.75) is 13.0 Å². The van der Waals surface area contributed by atoms with Crippen LogP contribution in [0.25, 0.3) is 11.3 Å². The molecule has 3 aromatic rings. The summed E-state index contributed by atoms with van der Waals surface area (Å²) in [7, 11) is 1.45. The maximum absolute atomic E-state index is 14.0. The van der Waals surface area contributed by atoms with Gasteiger partial charge < -0.3 is 19.9 Å². The van der Waals surface area contributed by atoms with E-state index in [1.54, 1.807) is 30.5 Å². The number of methoxy groups -OCH3 is 1. The predicted molar refractivity (Wildman–Crippen MR) is 122 cm³/mol. The van der Waals surface area contributed by atoms with E-state index in [9.17, 15) is 14.0 Å². The van der Waals surface area contributed by atoms with Gasteiger partial charge in [0.05, 0.1) is 19.3 Å². The van der Waals surface area contributed by atoms with Gasteiger partial charge in [0, 0.05) is 41.0 Å². The van der Waals surface area contributed by atoms with Gasteiger partial charge in [0.25, 0.3) is 5.56 Å². The second-order valence-electron chi connectivity index (χ2n) is 7.20. The van der Waals surface area contributed by atoms with E-state index in [4.69, 9.17) is 16.3 Å². The first-order chi connectivity index (χ1) is 15.9. The van der Waals surface area contributed by atoms with Crippen LogP contribution in [0, 0.1) is 5.82 Å². The fourth-order valence-corrected chi connectivity index (χ4v) is 3.56. The van der Waals surface area contributed by atoms with Crippen molar-refractivity contribution in [1.82, 2.24) is 19.9 Å². The molecule has 2 N–H and O–H groups in total. The van der Waals surface area contributed by atoms with Crippen LogP contribution in [0.1, 0.15) is 5.56 Å². The Bertz CT molecular complexity index is 1270. The number of nitrogens with zero attached hydrogens (tertiary/aromatic N) is 4. The third-order valence-electron chi connectivity index (χ3n) is 4.93. The average molecular weight is 471 g/mol. The van der Waals surface area contributed by atoms with E-state index in [2.05, 4.69) is 25.6 Å². The molecule has 0 aliphatic carbocycles. The summed E-state index contributed by atoms with van der Waals surface area (Å²) in [4.78, 5) is 36.4. The predicted octanol–water partition coefficient (Wildman–Crippen LogP) is 2.29. The number of hydrogen-bond donors (Lipinski definition) is 2. The normalized spacial score (nSPS) is 12.9. The topological polar surface area (TPSA) is 110 Å². The molecule has 1 aromatic carbocycles. The molecule has 1 aliphatic rings. The summed E-state index contributed by atoms with van der Waals surface area (Å²) in [5.41, 5.74) is 1.32. The molecule has 1 amide bonds. The second kappa shape index (κ2) is 9.78. The number of carbonyl (C=O) groups is 1. The van der Waals surface area contributed by atoms with Crippen LogP contribution in [0.15, 0.2) is 52.4 Å². The molecule has 0 bridgehead atoms. The van der Waals surface area contributed by atoms with E-state index in [1.807, 2.05) is 0 Å². The summed E-state index contributed by atoms with van der Waals surface area (Å²) in [5, 5.41) is 6.11. The molecular formula is C22H20ClFN6O3. The molecule has 0 atom stereocenters. The van der Waals surface area contributed by atoms with Crippen molar-refractivity contribution in [2.75, 3.05) is 25.5 Å². The Balaban J connectivity index is 1.54. The van der Waals surface area contributed by atoms with Gasteiger partial charge in [0.2, 0.25) is 5.91 Å². The van der Waals surface area contributed by atoms with Gasteiger partial charge in [-0.2, -0.15) is 9.97 Å². The zero-order chi connectivity index (χ0) is 23.4. The first-order valence-electron chi connectivity index (χ1n) is 10.1. The van der Waals surface area contributed by atoms with Crippen molar-refractivity contribution in [3.8, 4) is 17.3 Å². The molecule has 0 saturated carbocycles. The van der Waals surface area contributed by atoms with Crippen LogP contribution < -0.4 is 20.9 Å². The number of amidine groups is 1. The molecule has 170 valence electrons. The van der Waals surface area contributed by atoms with Crippen molar-refractivity contribution >= 4 is 29.2 Å². The molecule has 0 spiro atoms. The minimum absolute atomic E-state index is 0.0556. The number of ether oxygens (including phenoxy) is 1. The Hall–Kier alpha value is -3.79. The van der Waals surface area contributed by atoms with Crippen LogP contribution in [0.4, 0.5) is 10.2 Å². The zero-order valence-corrected chi connectivity index (χ0v) is 18.4. The third-order valence-corrected chi connectivity index (χ3v) is 5.28. The number of aliphatic imine (C=N–C) groups is 1. The zero-order valence-electron chi connectivity index (χ0n) is 17.6. The molecule has 9 nitrogen and oxygen atoms in total. The molecule has 1 aliphatic heterocycles. The summed E-state index contributed by atoms with van der Waals surface area (Å²) in [6.45, 7) is 0.564. The molecule has 3 heterocycles. The number of carbonyl (C=O) groups excluding carboxylic acids is 1. The molecule has 0 radical (unpaired) electrons. The highest BCUT2D eigenvalue weighted by atomic mass is 35.5. The minimum Gasteiger partial charge on any atom is -0.467 e. The fourth-order valence-electron chi connectivity index (χ4n) is 3.31. The molecule has 33 heavy (non-hydrogen) atoms. The molecule has 0 saturated heterocycles. The van der Waals surface area contributed by atoms with Crippen molar-refractivity contribution in [3.63, 3.8) is 0 Å². The highest BCUT2D eigenvalue weighted by Gasteiger charge is 2.15. The smallest absolute Gasteiger partial charge is 0.318 e. The minimum atomic E-state index is -0.365. The molecule has 0 unspecified atom stereocenters. The van der Waals surface area contributed by atoms with Gasteiger partial charge in [0.1, 0.15) is 24.0 Å². The van der Waals surface area contributed by atoms with Crippen molar-refractivity contribution in [1.29, 1.82) is 0 Å². The van der Waals surface area contributed by atoms with E-state index in [-0.39, 0.29) is 36.4 Å². The number of pyridine rings is 1. The van der Waals surface area contributed by atoms with Crippen LogP contribution in [-0.2, 0) is 17.8 Å². The highest BCUT2D eigenvalue weighted by Crippen LogP contribution is 2.23. The van der Waals surface area contributed by atoms with Crippen molar-refractivity contribution in [3.05, 3.63) is 69.4 Å². The van der Waals surface area contributed by atoms with Crippen LogP contribution in [0.5, 0.6) is 6.01 Å². The lowest BCUT2D eigenvalue weighted by Crippen LogP contribution is -2.31. The molecule has 0 fully saturated rings. The van der Waals surface area contributed by atoms with Gasteiger partial charge >= 0.3 is 6.01 Å². The third kappa shape index (κ3) is 5.35. The number of rotatable bonds is 8. The van der Waals surface area contributed by atoms with E-state index in [0.717, 1.165) is 0 Å². The van der Waals surface area contributed by atoms with E-state index in [1.165, 1.54) is 23.8 Å². The standard InChI is InChI=1S/C22H20ClFN6O3/c1-33-22-27-17(9-18(29-22)25-8-7-14-15(23)3-2-4-16(14)24)13-5-6-21(32)30(11-13)12-19-26-10-20(31)28-19/h2-6,9,11H,7-8,10,12H2,1H3,(H,25,27,29)(H,26,28,31). The lowest BCUT2D eigenvalue weighted by Gasteiger charge is -2.12. The number of nitrogens with one attached hydrogen (secondary N) is 2. The quantitative estimate of drug-likeness (QED) is 0.522. The van der Waals surface area contributed by atoms with E-state index < -0.39 is 0 Å². The summed E-state index contributed by atoms with van der Waals surface area (Å²) < 4.78 is 20.6. The molecule has 2 aromatic heterocycles. The van der Waals surface area contributed by atoms with E-state index >= 15 is 0 Å². The number of anilines is 1. The molecule has 4 rings (SSSR count). The van der Waals surface area contributed by atoms with Crippen molar-refractivity contribution in [2.24, 2.45) is 4.99 Å². The van der Waals surface area contributed by atoms with Gasteiger partial charge in [-0.3, -0.25) is 14.6 Å². The summed E-state index contributed by atoms with van der Waals surface area (Å²) in [6.07, 6.45) is 1.98. The lowest BCUT2D eigenvalue weighted by molar-refractivity contribution is -0.117.